The number of carbonyl (C=O) groups excluding carboxylic acids is 1. The predicted octanol–water partition coefficient (Wildman–Crippen LogP) is 0.683. The molecule has 0 radical (unpaired) electrons. The van der Waals surface area contributed by atoms with Gasteiger partial charge in [0.2, 0.25) is 0 Å². The number of rotatable bonds is 5. The minimum absolute atomic E-state index is 0.315. The normalized spacial score (nSPS) is 10.0. The fraction of sp³-hybridized carbons (Fsp3) is 0.300. The average molecular weight is 241 g/mol. The van der Waals surface area contributed by atoms with Crippen LogP contribution in [0.3, 0.4) is 0 Å². The number of hydrogen-bond donors (Lipinski definition) is 2. The van der Waals surface area contributed by atoms with Crippen LogP contribution in [0.2, 0.25) is 0 Å². The quantitative estimate of drug-likeness (QED) is 0.451. The van der Waals surface area contributed by atoms with Crippen molar-refractivity contribution in [2.24, 2.45) is 0 Å². The van der Waals surface area contributed by atoms with Gasteiger partial charge in [0.25, 0.3) is 11.6 Å². The lowest BCUT2D eigenvalue weighted by atomic mass is 10.1. The number of non-ortho nitro benzene ring substituents is 1. The number of nitrogens with zero attached hydrogens (tertiary/aromatic N) is 1. The Morgan fingerprint density at radius 1 is 1.47 bits per heavy atom. The van der Waals surface area contributed by atoms with Gasteiger partial charge in [-0.25, -0.2) is 4.39 Å². The molecular formula is C10H12FN3O3. The van der Waals surface area contributed by atoms with Crippen molar-refractivity contribution in [1.29, 1.82) is 0 Å². The minimum Gasteiger partial charge on any atom is -0.351 e. The number of halogens is 1. The van der Waals surface area contributed by atoms with Crippen molar-refractivity contribution < 1.29 is 14.1 Å². The van der Waals surface area contributed by atoms with Crippen molar-refractivity contribution in [1.82, 2.24) is 10.6 Å². The summed E-state index contributed by atoms with van der Waals surface area (Å²) in [4.78, 5) is 21.3. The second-order valence-corrected chi connectivity index (χ2v) is 3.28. The summed E-state index contributed by atoms with van der Waals surface area (Å²) in [6.07, 6.45) is 0. The van der Waals surface area contributed by atoms with Crippen LogP contribution in [-0.2, 0) is 0 Å². The van der Waals surface area contributed by atoms with Gasteiger partial charge in [-0.15, -0.1) is 0 Å². The van der Waals surface area contributed by atoms with Crippen LogP contribution in [0.4, 0.5) is 10.1 Å². The Balaban J connectivity index is 2.84. The van der Waals surface area contributed by atoms with Gasteiger partial charge in [-0.1, -0.05) is 0 Å². The summed E-state index contributed by atoms with van der Waals surface area (Å²) in [6, 6.07) is 2.84. The highest BCUT2D eigenvalue weighted by molar-refractivity contribution is 5.95. The first kappa shape index (κ1) is 13.0. The topological polar surface area (TPSA) is 84.3 Å². The molecule has 1 amide bonds. The molecule has 0 aromatic heterocycles. The summed E-state index contributed by atoms with van der Waals surface area (Å²) >= 11 is 0. The maximum atomic E-state index is 13.3. The maximum Gasteiger partial charge on any atom is 0.270 e. The monoisotopic (exact) mass is 241 g/mol. The molecule has 17 heavy (non-hydrogen) atoms. The molecule has 2 N–H and O–H groups in total. The average Bonchev–Trinajstić information content (AvgIpc) is 2.29. The molecule has 92 valence electrons. The first-order valence-electron chi connectivity index (χ1n) is 4.93. The highest BCUT2D eigenvalue weighted by Gasteiger charge is 2.16. The van der Waals surface area contributed by atoms with E-state index in [0.29, 0.717) is 13.1 Å². The second-order valence-electron chi connectivity index (χ2n) is 3.28. The third-order valence-corrected chi connectivity index (χ3v) is 2.07. The number of benzene rings is 1. The van der Waals surface area contributed by atoms with E-state index in [1.165, 1.54) is 0 Å². The zero-order valence-corrected chi connectivity index (χ0v) is 9.20. The maximum absolute atomic E-state index is 13.3. The van der Waals surface area contributed by atoms with E-state index in [0.717, 1.165) is 18.2 Å². The summed E-state index contributed by atoms with van der Waals surface area (Å²) in [5.74, 6) is -1.45. The molecule has 0 fully saturated rings. The number of nitro benzene ring substituents is 1. The SMILES string of the molecule is CNCCNC(=O)c1cc([N+](=O)[O-])ccc1F. The second kappa shape index (κ2) is 5.90. The first-order valence-corrected chi connectivity index (χ1v) is 4.93. The van der Waals surface area contributed by atoms with Crippen molar-refractivity contribution in [2.75, 3.05) is 20.1 Å². The minimum atomic E-state index is -0.780. The zero-order chi connectivity index (χ0) is 12.8. The third-order valence-electron chi connectivity index (χ3n) is 2.07. The molecule has 0 aliphatic carbocycles. The van der Waals surface area contributed by atoms with Gasteiger partial charge in [0.15, 0.2) is 0 Å². The molecule has 1 aromatic rings. The van der Waals surface area contributed by atoms with Crippen LogP contribution in [0.25, 0.3) is 0 Å². The van der Waals surface area contributed by atoms with Crippen LogP contribution < -0.4 is 10.6 Å². The summed E-state index contributed by atoms with van der Waals surface area (Å²) in [6.45, 7) is 0.847. The Hall–Kier alpha value is -2.02. The van der Waals surface area contributed by atoms with Crippen LogP contribution in [0, 0.1) is 15.9 Å². The number of carbonyl (C=O) groups is 1. The Morgan fingerprint density at radius 3 is 2.76 bits per heavy atom. The smallest absolute Gasteiger partial charge is 0.270 e. The molecule has 0 aliphatic rings. The molecule has 0 unspecified atom stereocenters. The largest absolute Gasteiger partial charge is 0.351 e. The number of hydrogen-bond acceptors (Lipinski definition) is 4. The fourth-order valence-electron chi connectivity index (χ4n) is 1.20. The summed E-state index contributed by atoms with van der Waals surface area (Å²) < 4.78 is 13.3. The van der Waals surface area contributed by atoms with E-state index in [4.69, 9.17) is 0 Å². The Kier molecular flexibility index (Phi) is 4.53. The van der Waals surface area contributed by atoms with Crippen LogP contribution in [0.15, 0.2) is 18.2 Å². The number of amides is 1. The van der Waals surface area contributed by atoms with E-state index >= 15 is 0 Å². The lowest BCUT2D eigenvalue weighted by Gasteiger charge is -2.05. The van der Waals surface area contributed by atoms with Crippen LogP contribution in [-0.4, -0.2) is 31.0 Å². The highest BCUT2D eigenvalue weighted by Crippen LogP contribution is 2.16. The van der Waals surface area contributed by atoms with E-state index in [-0.39, 0.29) is 11.3 Å². The van der Waals surface area contributed by atoms with Gasteiger partial charge >= 0.3 is 0 Å². The molecule has 0 saturated heterocycles. The van der Waals surface area contributed by atoms with Crippen LogP contribution >= 0.6 is 0 Å². The van der Waals surface area contributed by atoms with Crippen molar-refractivity contribution in [3.05, 3.63) is 39.7 Å². The lowest BCUT2D eigenvalue weighted by molar-refractivity contribution is -0.384. The summed E-state index contributed by atoms with van der Waals surface area (Å²) in [5, 5.41) is 15.7. The molecule has 0 atom stereocenters. The molecule has 1 rings (SSSR count). The van der Waals surface area contributed by atoms with Gasteiger partial charge in [-0.05, 0) is 13.1 Å². The van der Waals surface area contributed by atoms with E-state index < -0.39 is 16.6 Å². The van der Waals surface area contributed by atoms with Crippen molar-refractivity contribution in [3.8, 4) is 0 Å². The molecule has 0 heterocycles. The van der Waals surface area contributed by atoms with E-state index in [1.807, 2.05) is 0 Å². The van der Waals surface area contributed by atoms with Gasteiger partial charge in [0, 0.05) is 25.2 Å². The first-order chi connectivity index (χ1) is 8.06. The number of nitro groups is 1. The molecule has 0 aliphatic heterocycles. The Bertz CT molecular complexity index is 437. The Labute approximate surface area is 97.0 Å². The number of likely N-dealkylation sites (N-methyl/N-ethyl adjacent to an activating group) is 1. The van der Waals surface area contributed by atoms with Gasteiger partial charge in [0.05, 0.1) is 10.5 Å². The predicted molar refractivity (Wildman–Crippen MR) is 59.3 cm³/mol. The fourth-order valence-corrected chi connectivity index (χ4v) is 1.20. The lowest BCUT2D eigenvalue weighted by Crippen LogP contribution is -2.31. The molecular weight excluding hydrogens is 229 g/mol. The zero-order valence-electron chi connectivity index (χ0n) is 9.20. The van der Waals surface area contributed by atoms with E-state index in [9.17, 15) is 19.3 Å². The molecule has 0 spiro atoms. The van der Waals surface area contributed by atoms with Crippen molar-refractivity contribution in [2.45, 2.75) is 0 Å². The number of nitrogens with one attached hydrogen (secondary N) is 2. The van der Waals surface area contributed by atoms with Crippen LogP contribution in [0.5, 0.6) is 0 Å². The molecule has 7 heteroatoms. The summed E-state index contributed by atoms with van der Waals surface area (Å²) in [7, 11) is 1.71. The third kappa shape index (κ3) is 3.49. The van der Waals surface area contributed by atoms with E-state index in [1.54, 1.807) is 7.05 Å². The van der Waals surface area contributed by atoms with E-state index in [2.05, 4.69) is 10.6 Å². The molecule has 0 saturated carbocycles. The van der Waals surface area contributed by atoms with Gasteiger partial charge in [-0.2, -0.15) is 0 Å². The standard InChI is InChI=1S/C10H12FN3O3/c1-12-4-5-13-10(15)8-6-7(14(16)17)2-3-9(8)11/h2-3,6,12H,4-5H2,1H3,(H,13,15). The van der Waals surface area contributed by atoms with Gasteiger partial charge in [0.1, 0.15) is 5.82 Å². The molecule has 0 bridgehead atoms. The van der Waals surface area contributed by atoms with Crippen molar-refractivity contribution in [3.63, 3.8) is 0 Å². The van der Waals surface area contributed by atoms with Gasteiger partial charge < -0.3 is 10.6 Å². The Morgan fingerprint density at radius 2 is 2.18 bits per heavy atom. The van der Waals surface area contributed by atoms with Gasteiger partial charge in [-0.3, -0.25) is 14.9 Å². The highest BCUT2D eigenvalue weighted by atomic mass is 19.1. The van der Waals surface area contributed by atoms with Crippen molar-refractivity contribution >= 4 is 11.6 Å². The molecule has 1 aromatic carbocycles. The molecule has 6 nitrogen and oxygen atoms in total. The summed E-state index contributed by atoms with van der Waals surface area (Å²) in [5.41, 5.74) is -0.638. The van der Waals surface area contributed by atoms with Crippen LogP contribution in [0.1, 0.15) is 10.4 Å².